The van der Waals surface area contributed by atoms with Crippen LogP contribution in [0.5, 0.6) is 5.75 Å². The Kier molecular flexibility index (Phi) is 1.80. The molecule has 1 aliphatic carbocycles. The van der Waals surface area contributed by atoms with Crippen molar-refractivity contribution in [3.63, 3.8) is 0 Å². The van der Waals surface area contributed by atoms with Gasteiger partial charge >= 0.3 is 6.61 Å². The summed E-state index contributed by atoms with van der Waals surface area (Å²) in [6.07, 6.45) is -3.57. The second-order valence-electron chi connectivity index (χ2n) is 3.44. The van der Waals surface area contributed by atoms with Crippen molar-refractivity contribution in [2.45, 2.75) is 32.7 Å². The SMILES string of the molecule is [2H]C1([2H])Cc2cc(OC(F)F)ccc2C([2H])([2H])C1C. The smallest absolute Gasteiger partial charge is 0.387 e. The molecule has 0 spiro atoms. The van der Waals surface area contributed by atoms with E-state index in [4.69, 9.17) is 5.48 Å². The number of ether oxygens (including phenoxy) is 1. The third kappa shape index (κ3) is 2.46. The molecule has 0 N–H and O–H groups in total. The largest absolute Gasteiger partial charge is 0.435 e. The highest BCUT2D eigenvalue weighted by Crippen LogP contribution is 2.28. The van der Waals surface area contributed by atoms with Gasteiger partial charge in [0.15, 0.2) is 0 Å². The summed E-state index contributed by atoms with van der Waals surface area (Å²) in [4.78, 5) is 0. The van der Waals surface area contributed by atoms with Gasteiger partial charge in [0.25, 0.3) is 0 Å². The van der Waals surface area contributed by atoms with E-state index in [1.54, 1.807) is 0 Å². The highest BCUT2D eigenvalue weighted by molar-refractivity contribution is 5.37. The third-order valence-corrected chi connectivity index (χ3v) is 2.27. The fourth-order valence-corrected chi connectivity index (χ4v) is 1.58. The van der Waals surface area contributed by atoms with E-state index in [-0.39, 0.29) is 12.2 Å². The average molecular weight is 216 g/mol. The van der Waals surface area contributed by atoms with Gasteiger partial charge in [-0.15, -0.1) is 0 Å². The van der Waals surface area contributed by atoms with E-state index in [0.717, 1.165) is 0 Å². The van der Waals surface area contributed by atoms with Crippen LogP contribution in [0.1, 0.15) is 29.9 Å². The number of fused-ring (bicyclic) bond motifs is 1. The number of benzene rings is 1. The van der Waals surface area contributed by atoms with Crippen LogP contribution in [-0.4, -0.2) is 6.61 Å². The van der Waals surface area contributed by atoms with Gasteiger partial charge in [-0.05, 0) is 48.3 Å². The van der Waals surface area contributed by atoms with Crippen LogP contribution in [0.2, 0.25) is 0 Å². The van der Waals surface area contributed by atoms with Crippen molar-refractivity contribution in [2.75, 3.05) is 0 Å². The first-order valence-corrected chi connectivity index (χ1v) is 4.73. The molecule has 1 nitrogen and oxygen atoms in total. The number of rotatable bonds is 2. The normalized spacial score (nSPS) is 30.8. The maximum absolute atomic E-state index is 12.1. The summed E-state index contributed by atoms with van der Waals surface area (Å²) in [7, 11) is 0. The molecule has 15 heavy (non-hydrogen) atoms. The lowest BCUT2D eigenvalue weighted by Crippen LogP contribution is -2.11. The van der Waals surface area contributed by atoms with Crippen LogP contribution in [-0.2, 0) is 12.8 Å². The molecular weight excluding hydrogens is 198 g/mol. The van der Waals surface area contributed by atoms with Gasteiger partial charge in [0.1, 0.15) is 5.75 Å². The highest BCUT2D eigenvalue weighted by atomic mass is 19.3. The molecule has 0 saturated heterocycles. The fraction of sp³-hybridized carbons (Fsp3) is 0.500. The number of halogens is 2. The fourth-order valence-electron chi connectivity index (χ4n) is 1.58. The van der Waals surface area contributed by atoms with E-state index in [0.29, 0.717) is 11.1 Å². The molecule has 0 fully saturated rings. The summed E-state index contributed by atoms with van der Waals surface area (Å²) in [5.41, 5.74) is 0.725. The summed E-state index contributed by atoms with van der Waals surface area (Å²) in [5.74, 6) is -0.885. The Labute approximate surface area is 93.7 Å². The Balaban J connectivity index is 2.46. The van der Waals surface area contributed by atoms with Crippen LogP contribution in [0.4, 0.5) is 8.78 Å². The molecule has 1 aliphatic rings. The van der Waals surface area contributed by atoms with E-state index in [1.807, 2.05) is 0 Å². The Morgan fingerprint density at radius 3 is 3.00 bits per heavy atom. The lowest BCUT2D eigenvalue weighted by atomic mass is 9.85. The summed E-state index contributed by atoms with van der Waals surface area (Å²) >= 11 is 0. The first kappa shape index (κ1) is 6.46. The predicted octanol–water partition coefficient (Wildman–Crippen LogP) is 3.41. The average Bonchev–Trinajstić information content (AvgIpc) is 2.25. The van der Waals surface area contributed by atoms with E-state index in [2.05, 4.69) is 4.74 Å². The predicted molar refractivity (Wildman–Crippen MR) is 54.3 cm³/mol. The Hall–Kier alpha value is -1.12. The lowest BCUT2D eigenvalue weighted by Gasteiger charge is -2.21. The number of alkyl halides is 2. The molecule has 1 unspecified atom stereocenters. The maximum atomic E-state index is 12.1. The van der Waals surface area contributed by atoms with Crippen LogP contribution in [0, 0.1) is 5.92 Å². The van der Waals surface area contributed by atoms with Crippen LogP contribution in [0.15, 0.2) is 18.2 Å². The number of hydrogen-bond donors (Lipinski definition) is 0. The molecule has 1 atom stereocenters. The molecule has 3 heteroatoms. The lowest BCUT2D eigenvalue weighted by molar-refractivity contribution is -0.0499. The van der Waals surface area contributed by atoms with E-state index >= 15 is 0 Å². The van der Waals surface area contributed by atoms with Crippen LogP contribution in [0.25, 0.3) is 0 Å². The Morgan fingerprint density at radius 1 is 1.47 bits per heavy atom. The molecule has 0 amide bonds. The first-order chi connectivity index (χ1) is 8.64. The van der Waals surface area contributed by atoms with Crippen molar-refractivity contribution in [3.05, 3.63) is 29.3 Å². The molecule has 0 aliphatic heterocycles. The zero-order chi connectivity index (χ0) is 14.4. The molecule has 0 aromatic heterocycles. The van der Waals surface area contributed by atoms with Crippen molar-refractivity contribution in [1.29, 1.82) is 0 Å². The van der Waals surface area contributed by atoms with Crippen LogP contribution < -0.4 is 4.74 Å². The zero-order valence-electron chi connectivity index (χ0n) is 12.3. The molecule has 0 radical (unpaired) electrons. The summed E-state index contributed by atoms with van der Waals surface area (Å²) < 4.78 is 60.3. The molecule has 0 bridgehead atoms. The van der Waals surface area contributed by atoms with Crippen LogP contribution in [0.3, 0.4) is 0 Å². The Bertz CT molecular complexity index is 491. The second-order valence-corrected chi connectivity index (χ2v) is 3.44. The van der Waals surface area contributed by atoms with Crippen molar-refractivity contribution < 1.29 is 19.0 Å². The summed E-state index contributed by atoms with van der Waals surface area (Å²) in [6.45, 7) is -1.43. The van der Waals surface area contributed by atoms with Gasteiger partial charge in [-0.3, -0.25) is 0 Å². The highest BCUT2D eigenvalue weighted by Gasteiger charge is 2.16. The zero-order valence-corrected chi connectivity index (χ0v) is 8.26. The van der Waals surface area contributed by atoms with E-state index in [9.17, 15) is 8.78 Å². The van der Waals surface area contributed by atoms with Crippen molar-refractivity contribution in [3.8, 4) is 5.75 Å². The Morgan fingerprint density at radius 2 is 2.27 bits per heavy atom. The van der Waals surface area contributed by atoms with Crippen molar-refractivity contribution in [2.24, 2.45) is 5.92 Å². The van der Waals surface area contributed by atoms with Crippen molar-refractivity contribution in [1.82, 2.24) is 0 Å². The molecule has 0 heterocycles. The molecule has 1 aromatic rings. The second kappa shape index (κ2) is 4.17. The quantitative estimate of drug-likeness (QED) is 0.736. The molecule has 0 saturated carbocycles. The van der Waals surface area contributed by atoms with Gasteiger partial charge in [-0.2, -0.15) is 8.78 Å². The topological polar surface area (TPSA) is 9.23 Å². The summed E-state index contributed by atoms with van der Waals surface area (Å²) in [6, 6.07) is 3.98. The standard InChI is InChI=1S/C12H14F2O/c1-8-2-3-10-7-11(15-12(13)14)5-4-9(10)6-8/h4-5,7-8,12H,2-3,6H2,1H3/i2D2,6D2. The van der Waals surface area contributed by atoms with Crippen molar-refractivity contribution >= 4 is 0 Å². The van der Waals surface area contributed by atoms with Gasteiger partial charge in [0, 0.05) is 5.48 Å². The third-order valence-electron chi connectivity index (χ3n) is 2.27. The van der Waals surface area contributed by atoms with Gasteiger partial charge in [-0.1, -0.05) is 13.0 Å². The molecule has 82 valence electrons. The van der Waals surface area contributed by atoms with E-state index in [1.165, 1.54) is 25.1 Å². The van der Waals surface area contributed by atoms with Gasteiger partial charge < -0.3 is 4.74 Å². The maximum Gasteiger partial charge on any atom is 0.387 e. The molecular formula is C12H14F2O. The molecule has 2 rings (SSSR count). The minimum atomic E-state index is -2.95. The minimum absolute atomic E-state index is 0.0105. The molecule has 1 aromatic carbocycles. The van der Waals surface area contributed by atoms with Gasteiger partial charge in [0.2, 0.25) is 0 Å². The number of hydrogen-bond acceptors (Lipinski definition) is 1. The minimum Gasteiger partial charge on any atom is -0.435 e. The summed E-state index contributed by atoms with van der Waals surface area (Å²) in [5, 5.41) is 0. The van der Waals surface area contributed by atoms with Gasteiger partial charge in [0.05, 0.1) is 0 Å². The number of aryl methyl sites for hydroxylation is 1. The first-order valence-electron chi connectivity index (χ1n) is 6.73. The van der Waals surface area contributed by atoms with Gasteiger partial charge in [-0.25, -0.2) is 0 Å². The monoisotopic (exact) mass is 216 g/mol. The van der Waals surface area contributed by atoms with Crippen LogP contribution >= 0.6 is 0 Å². The van der Waals surface area contributed by atoms with E-state index < -0.39 is 25.3 Å².